The van der Waals surface area contributed by atoms with E-state index in [0.29, 0.717) is 13.1 Å². The fourth-order valence-electron chi connectivity index (χ4n) is 2.31. The van der Waals surface area contributed by atoms with Crippen LogP contribution in [0.2, 0.25) is 0 Å². The lowest BCUT2D eigenvalue weighted by Gasteiger charge is -2.08. The number of aromatic nitrogens is 4. The molecular formula is C16H20N6. The number of hydrogen-bond acceptors (Lipinski definition) is 5. The first kappa shape index (κ1) is 14.5. The SMILES string of the molecule is CCc1nc(NCCN)c2cnn(-c3ccc(C)cc3)c2n1. The maximum Gasteiger partial charge on any atom is 0.168 e. The molecule has 0 saturated carbocycles. The number of fused-ring (bicyclic) bond motifs is 1. The smallest absolute Gasteiger partial charge is 0.168 e. The first-order valence-corrected chi connectivity index (χ1v) is 7.48. The maximum atomic E-state index is 5.57. The van der Waals surface area contributed by atoms with Gasteiger partial charge < -0.3 is 11.1 Å². The van der Waals surface area contributed by atoms with E-state index in [4.69, 9.17) is 5.73 Å². The number of anilines is 1. The van der Waals surface area contributed by atoms with E-state index in [1.54, 1.807) is 6.20 Å². The van der Waals surface area contributed by atoms with Crippen molar-refractivity contribution in [2.45, 2.75) is 20.3 Å². The van der Waals surface area contributed by atoms with Gasteiger partial charge in [-0.2, -0.15) is 5.10 Å². The minimum Gasteiger partial charge on any atom is -0.368 e. The van der Waals surface area contributed by atoms with Crippen molar-refractivity contribution in [1.29, 1.82) is 0 Å². The van der Waals surface area contributed by atoms with Gasteiger partial charge in [0.25, 0.3) is 0 Å². The molecule has 1 aromatic carbocycles. The van der Waals surface area contributed by atoms with Crippen molar-refractivity contribution in [3.05, 3.63) is 41.9 Å². The number of hydrogen-bond donors (Lipinski definition) is 2. The molecule has 6 heteroatoms. The predicted octanol–water partition coefficient (Wildman–Crippen LogP) is 2.06. The van der Waals surface area contributed by atoms with E-state index in [9.17, 15) is 0 Å². The monoisotopic (exact) mass is 296 g/mol. The lowest BCUT2D eigenvalue weighted by atomic mass is 10.2. The van der Waals surface area contributed by atoms with Crippen LogP contribution in [0.15, 0.2) is 30.5 Å². The van der Waals surface area contributed by atoms with E-state index in [2.05, 4.69) is 39.4 Å². The van der Waals surface area contributed by atoms with Crippen molar-refractivity contribution >= 4 is 16.9 Å². The Morgan fingerprint density at radius 3 is 2.64 bits per heavy atom. The van der Waals surface area contributed by atoms with Gasteiger partial charge in [-0.1, -0.05) is 24.6 Å². The molecule has 0 spiro atoms. The molecule has 114 valence electrons. The van der Waals surface area contributed by atoms with Gasteiger partial charge in [-0.05, 0) is 19.1 Å². The summed E-state index contributed by atoms with van der Waals surface area (Å²) in [5.41, 5.74) is 8.60. The molecule has 2 aromatic heterocycles. The van der Waals surface area contributed by atoms with E-state index < -0.39 is 0 Å². The lowest BCUT2D eigenvalue weighted by Crippen LogP contribution is -2.15. The van der Waals surface area contributed by atoms with E-state index >= 15 is 0 Å². The van der Waals surface area contributed by atoms with Crippen LogP contribution < -0.4 is 11.1 Å². The number of rotatable bonds is 5. The van der Waals surface area contributed by atoms with Gasteiger partial charge in [0.2, 0.25) is 0 Å². The topological polar surface area (TPSA) is 81.6 Å². The molecule has 0 unspecified atom stereocenters. The molecule has 0 bridgehead atoms. The average Bonchev–Trinajstić information content (AvgIpc) is 2.97. The van der Waals surface area contributed by atoms with Gasteiger partial charge in [-0.3, -0.25) is 0 Å². The van der Waals surface area contributed by atoms with Crippen molar-refractivity contribution < 1.29 is 0 Å². The van der Waals surface area contributed by atoms with Gasteiger partial charge in [-0.15, -0.1) is 0 Å². The molecule has 2 heterocycles. The minimum atomic E-state index is 0.555. The highest BCUT2D eigenvalue weighted by atomic mass is 15.3. The van der Waals surface area contributed by atoms with Gasteiger partial charge >= 0.3 is 0 Å². The maximum absolute atomic E-state index is 5.57. The van der Waals surface area contributed by atoms with Gasteiger partial charge in [0, 0.05) is 19.5 Å². The molecule has 22 heavy (non-hydrogen) atoms. The summed E-state index contributed by atoms with van der Waals surface area (Å²) in [6, 6.07) is 8.22. The van der Waals surface area contributed by atoms with Crippen molar-refractivity contribution in [3.63, 3.8) is 0 Å². The summed E-state index contributed by atoms with van der Waals surface area (Å²) in [6.45, 7) is 5.33. The Kier molecular flexibility index (Phi) is 4.02. The third-order valence-corrected chi connectivity index (χ3v) is 3.51. The number of benzene rings is 1. The average molecular weight is 296 g/mol. The third-order valence-electron chi connectivity index (χ3n) is 3.51. The quantitative estimate of drug-likeness (QED) is 0.753. The summed E-state index contributed by atoms with van der Waals surface area (Å²) in [5, 5.41) is 8.65. The summed E-state index contributed by atoms with van der Waals surface area (Å²) in [6.07, 6.45) is 2.57. The van der Waals surface area contributed by atoms with Crippen LogP contribution in [0.3, 0.4) is 0 Å². The molecule has 0 aliphatic heterocycles. The zero-order chi connectivity index (χ0) is 15.5. The second kappa shape index (κ2) is 6.11. The first-order valence-electron chi connectivity index (χ1n) is 7.48. The highest BCUT2D eigenvalue weighted by Crippen LogP contribution is 2.23. The van der Waals surface area contributed by atoms with Crippen LogP contribution in [0.4, 0.5) is 5.82 Å². The number of nitrogens with two attached hydrogens (primary N) is 1. The number of nitrogens with zero attached hydrogens (tertiary/aromatic N) is 4. The van der Waals surface area contributed by atoms with E-state index in [-0.39, 0.29) is 0 Å². The van der Waals surface area contributed by atoms with Crippen LogP contribution in [0.25, 0.3) is 16.7 Å². The molecule has 3 rings (SSSR count). The highest BCUT2D eigenvalue weighted by Gasteiger charge is 2.13. The fraction of sp³-hybridized carbons (Fsp3) is 0.312. The normalized spacial score (nSPS) is 11.0. The Morgan fingerprint density at radius 1 is 1.18 bits per heavy atom. The van der Waals surface area contributed by atoms with E-state index in [1.807, 2.05) is 23.7 Å². The van der Waals surface area contributed by atoms with Crippen LogP contribution in [-0.4, -0.2) is 32.8 Å². The minimum absolute atomic E-state index is 0.555. The molecule has 3 N–H and O–H groups in total. The second-order valence-electron chi connectivity index (χ2n) is 5.19. The van der Waals surface area contributed by atoms with Crippen LogP contribution in [0.5, 0.6) is 0 Å². The van der Waals surface area contributed by atoms with Crippen molar-refractivity contribution in [2.24, 2.45) is 5.73 Å². The summed E-state index contributed by atoms with van der Waals surface area (Å²) < 4.78 is 1.85. The summed E-state index contributed by atoms with van der Waals surface area (Å²) in [4.78, 5) is 9.19. The van der Waals surface area contributed by atoms with Crippen LogP contribution in [-0.2, 0) is 6.42 Å². The Balaban J connectivity index is 2.14. The largest absolute Gasteiger partial charge is 0.368 e. The van der Waals surface area contributed by atoms with Crippen LogP contribution in [0.1, 0.15) is 18.3 Å². The molecule has 0 aliphatic rings. The Hall–Kier alpha value is -2.47. The molecule has 0 fully saturated rings. The molecule has 6 nitrogen and oxygen atoms in total. The molecule has 3 aromatic rings. The van der Waals surface area contributed by atoms with Crippen molar-refractivity contribution in [3.8, 4) is 5.69 Å². The van der Waals surface area contributed by atoms with Crippen molar-refractivity contribution in [1.82, 2.24) is 19.7 Å². The standard InChI is InChI=1S/C16H20N6/c1-3-14-20-15(18-9-8-17)13-10-19-22(16(13)21-14)12-6-4-11(2)5-7-12/h4-7,10H,3,8-9,17H2,1-2H3,(H,18,20,21). The predicted molar refractivity (Wildman–Crippen MR) is 88.3 cm³/mol. The van der Waals surface area contributed by atoms with Gasteiger partial charge in [0.05, 0.1) is 17.3 Å². The molecule has 0 aliphatic carbocycles. The van der Waals surface area contributed by atoms with Crippen molar-refractivity contribution in [2.75, 3.05) is 18.4 Å². The molecule has 0 radical (unpaired) electrons. The van der Waals surface area contributed by atoms with E-state index in [1.165, 1.54) is 5.56 Å². The highest BCUT2D eigenvalue weighted by molar-refractivity contribution is 5.87. The number of aryl methyl sites for hydroxylation is 2. The van der Waals surface area contributed by atoms with Crippen LogP contribution in [0, 0.1) is 6.92 Å². The van der Waals surface area contributed by atoms with Gasteiger partial charge in [0.1, 0.15) is 11.6 Å². The third kappa shape index (κ3) is 2.65. The van der Waals surface area contributed by atoms with Gasteiger partial charge in [-0.25, -0.2) is 14.6 Å². The summed E-state index contributed by atoms with van der Waals surface area (Å²) >= 11 is 0. The van der Waals surface area contributed by atoms with E-state index in [0.717, 1.165) is 34.8 Å². The Morgan fingerprint density at radius 2 is 1.95 bits per heavy atom. The molecule has 0 saturated heterocycles. The van der Waals surface area contributed by atoms with Gasteiger partial charge in [0.15, 0.2) is 5.65 Å². The molecule has 0 amide bonds. The summed E-state index contributed by atoms with van der Waals surface area (Å²) in [7, 11) is 0. The first-order chi connectivity index (χ1) is 10.7. The number of nitrogens with one attached hydrogen (secondary N) is 1. The lowest BCUT2D eigenvalue weighted by molar-refractivity contribution is 0.875. The Labute approximate surface area is 129 Å². The zero-order valence-corrected chi connectivity index (χ0v) is 12.9. The molecule has 0 atom stereocenters. The summed E-state index contributed by atoms with van der Waals surface area (Å²) in [5.74, 6) is 1.59. The second-order valence-corrected chi connectivity index (χ2v) is 5.19. The zero-order valence-electron chi connectivity index (χ0n) is 12.9. The molecular weight excluding hydrogens is 276 g/mol. The fourth-order valence-corrected chi connectivity index (χ4v) is 2.31. The van der Waals surface area contributed by atoms with Crippen LogP contribution >= 0.6 is 0 Å². The Bertz CT molecular complexity index is 775.